The molecule has 0 aromatic carbocycles. The Balaban J connectivity index is 5.37. The normalized spacial score (nSPS) is 15.1. The van der Waals surface area contributed by atoms with Crippen LogP contribution in [-0.4, -0.2) is 125 Å². The Bertz CT molecular complexity index is 1230. The van der Waals surface area contributed by atoms with E-state index in [1.807, 2.05) is 0 Å². The van der Waals surface area contributed by atoms with Crippen molar-refractivity contribution in [2.75, 3.05) is 18.8 Å². The maximum absolute atomic E-state index is 13.0. The van der Waals surface area contributed by atoms with Gasteiger partial charge in [-0.15, -0.1) is 0 Å². The molecule has 7 unspecified atom stereocenters. The molecule has 0 aliphatic carbocycles. The van der Waals surface area contributed by atoms with Gasteiger partial charge in [-0.05, 0) is 32.6 Å². The summed E-state index contributed by atoms with van der Waals surface area (Å²) in [7, 11) is 0. The highest BCUT2D eigenvalue weighted by atomic mass is 32.1. The summed E-state index contributed by atoms with van der Waals surface area (Å²) in [5, 5.41) is 32.9. The van der Waals surface area contributed by atoms with Crippen LogP contribution in [-0.2, 0) is 38.4 Å². The van der Waals surface area contributed by atoms with Gasteiger partial charge in [0.15, 0.2) is 5.96 Å². The number of carbonyl (C=O) groups is 8. The fourth-order valence-corrected chi connectivity index (χ4v) is 4.13. The van der Waals surface area contributed by atoms with Gasteiger partial charge < -0.3 is 65.0 Å². The van der Waals surface area contributed by atoms with Gasteiger partial charge in [0, 0.05) is 12.3 Å². The highest BCUT2D eigenvalue weighted by Crippen LogP contribution is 2.06. The lowest BCUT2D eigenvalue weighted by Gasteiger charge is -2.28. The number of primary amides is 1. The number of nitrogens with one attached hydrogen (secondary N) is 6. The zero-order valence-corrected chi connectivity index (χ0v) is 28.6. The van der Waals surface area contributed by atoms with Gasteiger partial charge in [0.05, 0.1) is 25.1 Å². The molecule has 49 heavy (non-hydrogen) atoms. The molecule has 7 amide bonds. The molecule has 0 saturated heterocycles. The molecule has 0 rings (SSSR count). The lowest BCUT2D eigenvalue weighted by molar-refractivity contribution is -0.142. The Morgan fingerprint density at radius 3 is 1.82 bits per heavy atom. The van der Waals surface area contributed by atoms with E-state index in [1.54, 1.807) is 13.8 Å². The molecule has 0 heterocycles. The van der Waals surface area contributed by atoms with Gasteiger partial charge in [0.1, 0.15) is 30.2 Å². The molecule has 7 atom stereocenters. The quantitative estimate of drug-likeness (QED) is 0.0215. The van der Waals surface area contributed by atoms with Crippen LogP contribution >= 0.6 is 12.6 Å². The van der Waals surface area contributed by atoms with E-state index < -0.39 is 109 Å². The van der Waals surface area contributed by atoms with Crippen LogP contribution in [0.5, 0.6) is 0 Å². The molecule has 16 N–H and O–H groups in total. The molecular weight excluding hydrogens is 670 g/mol. The Labute approximate surface area is 288 Å². The second-order valence-electron chi connectivity index (χ2n) is 11.3. The molecule has 21 nitrogen and oxygen atoms in total. The summed E-state index contributed by atoms with van der Waals surface area (Å²) in [4.78, 5) is 103. The number of hydrogen-bond acceptors (Lipinski definition) is 12. The fraction of sp³-hybridized carbons (Fsp3) is 0.667. The van der Waals surface area contributed by atoms with E-state index in [0.29, 0.717) is 6.42 Å². The third-order valence-corrected chi connectivity index (χ3v) is 7.00. The van der Waals surface area contributed by atoms with Gasteiger partial charge in [0.25, 0.3) is 0 Å². The number of guanidine groups is 1. The highest BCUT2D eigenvalue weighted by Gasteiger charge is 2.34. The van der Waals surface area contributed by atoms with E-state index in [0.717, 1.165) is 0 Å². The summed E-state index contributed by atoms with van der Waals surface area (Å²) >= 11 is 4.03. The molecule has 0 aromatic rings. The van der Waals surface area contributed by atoms with Gasteiger partial charge in [0.2, 0.25) is 41.4 Å². The molecule has 0 aromatic heterocycles. The van der Waals surface area contributed by atoms with E-state index in [1.165, 1.54) is 13.8 Å². The van der Waals surface area contributed by atoms with Crippen LogP contribution in [0.3, 0.4) is 0 Å². The summed E-state index contributed by atoms with van der Waals surface area (Å²) in [6.07, 6.45) is -1.63. The molecule has 22 heteroatoms. The van der Waals surface area contributed by atoms with Crippen LogP contribution in [0, 0.1) is 5.92 Å². The lowest BCUT2D eigenvalue weighted by atomic mass is 10.0. The average molecular weight is 720 g/mol. The van der Waals surface area contributed by atoms with Crippen molar-refractivity contribution < 1.29 is 48.6 Å². The molecule has 0 saturated carbocycles. The van der Waals surface area contributed by atoms with E-state index in [2.05, 4.69) is 49.5 Å². The number of carboxylic acids is 1. The zero-order chi connectivity index (χ0) is 38.0. The van der Waals surface area contributed by atoms with Crippen molar-refractivity contribution in [2.45, 2.75) is 89.3 Å². The van der Waals surface area contributed by atoms with E-state index in [9.17, 15) is 43.5 Å². The van der Waals surface area contributed by atoms with E-state index in [-0.39, 0.29) is 24.7 Å². The first kappa shape index (κ1) is 44.3. The molecule has 0 fully saturated rings. The number of hydrogen-bond donors (Lipinski definition) is 13. The number of aliphatic carboxylic acids is 1. The zero-order valence-electron chi connectivity index (χ0n) is 27.7. The minimum atomic E-state index is -1.62. The first-order valence-electron chi connectivity index (χ1n) is 15.1. The minimum Gasteiger partial charge on any atom is -0.480 e. The molecule has 278 valence electrons. The fourth-order valence-electron chi connectivity index (χ4n) is 3.87. The third-order valence-electron chi connectivity index (χ3n) is 6.64. The molecule has 0 radical (unpaired) electrons. The number of thiol groups is 1. The smallest absolute Gasteiger partial charge is 0.325 e. The minimum absolute atomic E-state index is 0.137. The number of nitrogens with zero attached hydrogens (tertiary/aromatic N) is 1. The lowest BCUT2D eigenvalue weighted by Crippen LogP contribution is -2.61. The Morgan fingerprint density at radius 1 is 0.755 bits per heavy atom. The maximum atomic E-state index is 13.0. The second kappa shape index (κ2) is 22.0. The van der Waals surface area contributed by atoms with Crippen molar-refractivity contribution in [3.63, 3.8) is 0 Å². The molecule has 0 aliphatic rings. The molecule has 0 bridgehead atoms. The number of carboxylic acid groups (broad SMARTS) is 1. The van der Waals surface area contributed by atoms with Crippen LogP contribution in [0.25, 0.3) is 0 Å². The number of aliphatic hydroxyl groups is 1. The van der Waals surface area contributed by atoms with Crippen LogP contribution < -0.4 is 54.8 Å². The van der Waals surface area contributed by atoms with Crippen molar-refractivity contribution in [3.05, 3.63) is 0 Å². The van der Waals surface area contributed by atoms with E-state index >= 15 is 0 Å². The summed E-state index contributed by atoms with van der Waals surface area (Å²) in [5.74, 6) is -8.62. The first-order chi connectivity index (χ1) is 22.7. The number of rotatable bonds is 22. The topological polar surface area (TPSA) is 366 Å². The van der Waals surface area contributed by atoms with Gasteiger partial charge in [-0.2, -0.15) is 12.6 Å². The number of carbonyl (C=O) groups excluding carboxylic acids is 7. The Kier molecular flexibility index (Phi) is 19.9. The second-order valence-corrected chi connectivity index (χ2v) is 11.7. The van der Waals surface area contributed by atoms with Gasteiger partial charge in [-0.1, -0.05) is 13.8 Å². The largest absolute Gasteiger partial charge is 0.480 e. The molecular formula is C27H49N11O10S. The average Bonchev–Trinajstić information content (AvgIpc) is 3.00. The van der Waals surface area contributed by atoms with Crippen molar-refractivity contribution in [1.82, 2.24) is 31.9 Å². The SMILES string of the molecule is CC(NC(=O)C(NC(=O)C(NC(=O)C(CS)NC(=O)CNC(=O)C(CC(N)=O)NC(=O)C(N)CCCN=C(N)N)C(C)O)C(C)C)C(=O)O. The highest BCUT2D eigenvalue weighted by molar-refractivity contribution is 7.80. The van der Waals surface area contributed by atoms with E-state index in [4.69, 9.17) is 28.0 Å². The monoisotopic (exact) mass is 719 g/mol. The summed E-state index contributed by atoms with van der Waals surface area (Å²) in [5.41, 5.74) is 21.5. The predicted octanol–water partition coefficient (Wildman–Crippen LogP) is -6.15. The van der Waals surface area contributed by atoms with Crippen molar-refractivity contribution >= 4 is 65.9 Å². The van der Waals surface area contributed by atoms with Crippen molar-refractivity contribution in [2.24, 2.45) is 33.8 Å². The van der Waals surface area contributed by atoms with Gasteiger partial charge in [-0.3, -0.25) is 43.3 Å². The van der Waals surface area contributed by atoms with Crippen LogP contribution in [0.15, 0.2) is 4.99 Å². The standard InChI is InChI=1S/C27H49N11O10S/c1-11(2)19(24(45)34-12(3)26(47)48)37-25(46)20(13(4)39)38-23(44)16(10-49)35-18(41)9-33-22(43)15(8-17(29)40)36-21(42)14(28)6-5-7-32-27(30)31/h11-16,19-20,39,49H,5-10,28H2,1-4H3,(H2,29,40)(H,33,43)(H,34,45)(H,35,41)(H,36,42)(H,37,46)(H,38,44)(H,47,48)(H4,30,31,32). The number of aliphatic imine (C=N–C) groups is 1. The van der Waals surface area contributed by atoms with Crippen LogP contribution in [0.2, 0.25) is 0 Å². The summed E-state index contributed by atoms with van der Waals surface area (Å²) in [6.45, 7) is 5.04. The van der Waals surface area contributed by atoms with Gasteiger partial charge in [-0.25, -0.2) is 0 Å². The third kappa shape index (κ3) is 17.3. The van der Waals surface area contributed by atoms with Gasteiger partial charge >= 0.3 is 5.97 Å². The summed E-state index contributed by atoms with van der Waals surface area (Å²) < 4.78 is 0. The van der Waals surface area contributed by atoms with Crippen molar-refractivity contribution in [3.8, 4) is 0 Å². The number of amides is 7. The Morgan fingerprint density at radius 2 is 1.33 bits per heavy atom. The summed E-state index contributed by atoms with van der Waals surface area (Å²) in [6, 6.07) is -8.07. The van der Waals surface area contributed by atoms with Crippen LogP contribution in [0.1, 0.15) is 47.0 Å². The molecule has 0 aliphatic heterocycles. The number of nitrogens with two attached hydrogens (primary N) is 4. The predicted molar refractivity (Wildman–Crippen MR) is 178 cm³/mol. The first-order valence-corrected chi connectivity index (χ1v) is 15.7. The van der Waals surface area contributed by atoms with Crippen molar-refractivity contribution in [1.29, 1.82) is 0 Å². The van der Waals surface area contributed by atoms with Crippen LogP contribution in [0.4, 0.5) is 0 Å². The maximum Gasteiger partial charge on any atom is 0.325 e. The number of aliphatic hydroxyl groups excluding tert-OH is 1. The molecule has 0 spiro atoms. The Hall–Kier alpha value is -4.70.